The Morgan fingerprint density at radius 3 is 2.18 bits per heavy atom. The molecule has 0 spiro atoms. The van der Waals surface area contributed by atoms with Gasteiger partial charge in [0.1, 0.15) is 55.4 Å². The van der Waals surface area contributed by atoms with E-state index >= 15 is 0 Å². The second-order valence-corrected chi connectivity index (χ2v) is 16.5. The van der Waals surface area contributed by atoms with Crippen molar-refractivity contribution in [3.8, 4) is 39.8 Å². The molecule has 0 fully saturated rings. The molecule has 342 valence electrons. The van der Waals surface area contributed by atoms with Gasteiger partial charge in [-0.1, -0.05) is 48.0 Å². The predicted octanol–water partition coefficient (Wildman–Crippen LogP) is 3.06. The Kier molecular flexibility index (Phi) is 16.5. The maximum atomic E-state index is 14.7. The molecule has 0 saturated carbocycles. The Bertz CT molecular complexity index is 2460. The van der Waals surface area contributed by atoms with E-state index in [-0.39, 0.29) is 62.8 Å². The van der Waals surface area contributed by atoms with Crippen molar-refractivity contribution in [2.45, 2.75) is 69.6 Å². The van der Waals surface area contributed by atoms with E-state index in [1.165, 1.54) is 36.4 Å². The molecule has 5 amide bonds. The summed E-state index contributed by atoms with van der Waals surface area (Å²) in [7, 11) is 1.42. The highest BCUT2D eigenvalue weighted by atomic mass is 35.5. The Morgan fingerprint density at radius 1 is 0.846 bits per heavy atom. The summed E-state index contributed by atoms with van der Waals surface area (Å²) in [6.07, 6.45) is 4.39. The molecule has 4 aromatic carbocycles. The van der Waals surface area contributed by atoms with E-state index in [4.69, 9.17) is 43.5 Å². The zero-order chi connectivity index (χ0) is 46.6. The zero-order valence-corrected chi connectivity index (χ0v) is 37.3. The quantitative estimate of drug-likeness (QED) is 0.0854. The SMILES string of the molecule is C[C@@H]1NC(=O)[C@@H](N(C)C(=O)[C@H](CCN)NC(=O)c2ccc(-c3ccc4c(c3)CCCC4)cc2Cl)c2ccc(OCCN)c(c2)-c2cc(ccc2OCCN)C[C@@H](C(=O)NCC#N)NC1=O. The summed E-state index contributed by atoms with van der Waals surface area (Å²) in [4.78, 5) is 71.4. The highest BCUT2D eigenvalue weighted by molar-refractivity contribution is 6.34. The molecular weight excluding hydrogens is 850 g/mol. The molecule has 2 aliphatic rings. The van der Waals surface area contributed by atoms with Crippen molar-refractivity contribution in [2.24, 2.45) is 17.2 Å². The molecule has 4 aromatic rings. The van der Waals surface area contributed by atoms with Crippen molar-refractivity contribution in [1.82, 2.24) is 26.2 Å². The van der Waals surface area contributed by atoms with Crippen LogP contribution >= 0.6 is 11.6 Å². The van der Waals surface area contributed by atoms with Gasteiger partial charge in [-0.2, -0.15) is 5.26 Å². The molecule has 17 heteroatoms. The lowest BCUT2D eigenvalue weighted by atomic mass is 9.89. The first-order chi connectivity index (χ1) is 31.4. The van der Waals surface area contributed by atoms with E-state index in [9.17, 15) is 24.0 Å². The maximum absolute atomic E-state index is 14.7. The number of carbonyl (C=O) groups excluding carboxylic acids is 5. The summed E-state index contributed by atoms with van der Waals surface area (Å²) in [5.41, 5.74) is 24.2. The molecular formula is C48H56ClN9O7. The van der Waals surface area contributed by atoms with Crippen LogP contribution in [0, 0.1) is 11.3 Å². The maximum Gasteiger partial charge on any atom is 0.253 e. The van der Waals surface area contributed by atoms with Crippen LogP contribution in [0.5, 0.6) is 11.5 Å². The van der Waals surface area contributed by atoms with Crippen LogP contribution < -0.4 is 47.9 Å². The van der Waals surface area contributed by atoms with E-state index < -0.39 is 53.7 Å². The predicted molar refractivity (Wildman–Crippen MR) is 247 cm³/mol. The largest absolute Gasteiger partial charge is 0.492 e. The van der Waals surface area contributed by atoms with Crippen LogP contribution in [0.4, 0.5) is 0 Å². The smallest absolute Gasteiger partial charge is 0.253 e. The number of benzene rings is 4. The fourth-order valence-corrected chi connectivity index (χ4v) is 8.42. The lowest BCUT2D eigenvalue weighted by Gasteiger charge is -2.32. The average Bonchev–Trinajstić information content (AvgIpc) is 3.31. The third kappa shape index (κ3) is 11.6. The number of carbonyl (C=O) groups is 5. The van der Waals surface area contributed by atoms with E-state index in [1.807, 2.05) is 12.1 Å². The molecule has 4 atom stereocenters. The average molecular weight is 906 g/mol. The minimum absolute atomic E-state index is 0.00458. The van der Waals surface area contributed by atoms with Crippen LogP contribution in [0.2, 0.25) is 5.02 Å². The van der Waals surface area contributed by atoms with Gasteiger partial charge < -0.3 is 52.8 Å². The molecule has 1 aliphatic heterocycles. The van der Waals surface area contributed by atoms with Crippen molar-refractivity contribution in [3.63, 3.8) is 0 Å². The fraction of sp³-hybridized carbons (Fsp3) is 0.375. The molecule has 4 bridgehead atoms. The lowest BCUT2D eigenvalue weighted by molar-refractivity contribution is -0.141. The van der Waals surface area contributed by atoms with E-state index in [1.54, 1.807) is 48.5 Å². The summed E-state index contributed by atoms with van der Waals surface area (Å²) in [6.45, 7) is 1.83. The Balaban J connectivity index is 1.37. The van der Waals surface area contributed by atoms with Crippen molar-refractivity contribution in [3.05, 3.63) is 106 Å². The zero-order valence-electron chi connectivity index (χ0n) is 36.6. The van der Waals surface area contributed by atoms with Crippen LogP contribution in [0.1, 0.15) is 64.8 Å². The highest BCUT2D eigenvalue weighted by Crippen LogP contribution is 2.40. The van der Waals surface area contributed by atoms with Gasteiger partial charge in [0.15, 0.2) is 0 Å². The van der Waals surface area contributed by atoms with Gasteiger partial charge in [0.25, 0.3) is 5.91 Å². The molecule has 0 radical (unpaired) electrons. The van der Waals surface area contributed by atoms with Crippen LogP contribution in [0.25, 0.3) is 22.3 Å². The number of ether oxygens (including phenoxy) is 2. The summed E-state index contributed by atoms with van der Waals surface area (Å²) < 4.78 is 12.2. The van der Waals surface area contributed by atoms with Gasteiger partial charge in [0.05, 0.1) is 16.7 Å². The molecule has 1 heterocycles. The summed E-state index contributed by atoms with van der Waals surface area (Å²) in [5.74, 6) is -2.56. The monoisotopic (exact) mass is 905 g/mol. The lowest BCUT2D eigenvalue weighted by Crippen LogP contribution is -2.56. The minimum atomic E-state index is -1.40. The molecule has 0 aromatic heterocycles. The molecule has 1 aliphatic carbocycles. The second-order valence-electron chi connectivity index (χ2n) is 16.1. The molecule has 0 saturated heterocycles. The summed E-state index contributed by atoms with van der Waals surface area (Å²) >= 11 is 6.76. The summed E-state index contributed by atoms with van der Waals surface area (Å²) in [6, 6.07) is 18.6. The number of amides is 5. The van der Waals surface area contributed by atoms with Crippen molar-refractivity contribution >= 4 is 41.1 Å². The Morgan fingerprint density at radius 2 is 1.51 bits per heavy atom. The number of nitrogens with one attached hydrogen (secondary N) is 4. The number of fused-ring (bicyclic) bond motifs is 6. The third-order valence-corrected chi connectivity index (χ3v) is 11.8. The highest BCUT2D eigenvalue weighted by Gasteiger charge is 2.36. The van der Waals surface area contributed by atoms with E-state index in [0.29, 0.717) is 33.8 Å². The normalized spacial score (nSPS) is 17.5. The Labute approximate surface area is 383 Å². The Hall–Kier alpha value is -6.51. The number of hydrogen-bond donors (Lipinski definition) is 7. The van der Waals surface area contributed by atoms with Gasteiger partial charge in [-0.05, 0) is 115 Å². The van der Waals surface area contributed by atoms with E-state index in [0.717, 1.165) is 30.4 Å². The number of rotatable bonds is 15. The molecule has 6 rings (SSSR count). The topological polar surface area (TPSA) is 257 Å². The first kappa shape index (κ1) is 48.0. The van der Waals surface area contributed by atoms with Crippen LogP contribution in [-0.2, 0) is 38.4 Å². The van der Waals surface area contributed by atoms with Crippen molar-refractivity contribution in [2.75, 3.05) is 46.4 Å². The number of nitrogens with two attached hydrogens (primary N) is 3. The number of nitrogens with zero attached hydrogens (tertiary/aromatic N) is 2. The van der Waals surface area contributed by atoms with E-state index in [2.05, 4.69) is 39.5 Å². The van der Waals surface area contributed by atoms with Gasteiger partial charge in [-0.3, -0.25) is 24.0 Å². The van der Waals surface area contributed by atoms with Gasteiger partial charge >= 0.3 is 0 Å². The number of halogens is 1. The van der Waals surface area contributed by atoms with Crippen molar-refractivity contribution in [1.29, 1.82) is 5.26 Å². The fourth-order valence-electron chi connectivity index (χ4n) is 8.16. The number of likely N-dealkylation sites (N-methyl/N-ethyl adjacent to an activating group) is 1. The van der Waals surface area contributed by atoms with Crippen LogP contribution in [0.3, 0.4) is 0 Å². The molecule has 10 N–H and O–H groups in total. The molecule has 0 unspecified atom stereocenters. The first-order valence-electron chi connectivity index (χ1n) is 21.7. The van der Waals surface area contributed by atoms with Crippen molar-refractivity contribution < 1.29 is 33.4 Å². The second kappa shape index (κ2) is 22.4. The first-order valence-corrected chi connectivity index (χ1v) is 22.1. The molecule has 16 nitrogen and oxygen atoms in total. The van der Waals surface area contributed by atoms with Crippen LogP contribution in [0.15, 0.2) is 72.8 Å². The van der Waals surface area contributed by atoms with Gasteiger partial charge in [0.2, 0.25) is 23.6 Å². The van der Waals surface area contributed by atoms with Gasteiger partial charge in [-0.25, -0.2) is 0 Å². The number of aryl methyl sites for hydroxylation is 2. The number of hydrogen-bond acceptors (Lipinski definition) is 11. The molecule has 65 heavy (non-hydrogen) atoms. The third-order valence-electron chi connectivity index (χ3n) is 11.5. The minimum Gasteiger partial charge on any atom is -0.492 e. The number of nitriles is 1. The summed E-state index contributed by atoms with van der Waals surface area (Å²) in [5, 5.41) is 20.1. The van der Waals surface area contributed by atoms with Crippen LogP contribution in [-0.4, -0.2) is 99.0 Å². The van der Waals surface area contributed by atoms with Gasteiger partial charge in [0, 0.05) is 37.7 Å². The van der Waals surface area contributed by atoms with Gasteiger partial charge in [-0.15, -0.1) is 0 Å². The standard InChI is InChI=1S/C48H56ClN9O7/c1-28-44(59)57-40(46(61)54-20-17-51)24-29-7-13-41(64-21-18-52)36(23-29)37-26-34(11-14-42(37)65-22-19-53)43(47(62)55-28)58(2)48(63)39(15-16-50)56-45(60)35-12-10-33(27-38(35)49)32-9-8-30-5-3-4-6-31(30)25-32/h7-14,23,25-28,39-40,43H,3-6,15-16,18-22,24,50,52-53H2,1-2H3,(H,54,61)(H,55,62)(H,56,60)(H,57,59)/t28-,39-,40-,43-/m0/s1.